The maximum Gasteiger partial charge on any atom is 0.387 e. The Bertz CT molecular complexity index is 955. The van der Waals surface area contributed by atoms with Crippen molar-refractivity contribution in [2.45, 2.75) is 6.61 Å². The fourth-order valence-electron chi connectivity index (χ4n) is 2.53. The van der Waals surface area contributed by atoms with E-state index in [1.54, 1.807) is 0 Å². The molecule has 2 aromatic rings. The number of ether oxygens (including phenoxy) is 2. The molecule has 0 radical (unpaired) electrons. The molecule has 0 bridgehead atoms. The minimum absolute atomic E-state index is 0.0647. The number of fused-ring (bicyclic) bond motifs is 1. The first-order chi connectivity index (χ1) is 11.8. The van der Waals surface area contributed by atoms with E-state index in [0.717, 1.165) is 10.6 Å². The van der Waals surface area contributed by atoms with Crippen molar-refractivity contribution in [1.82, 2.24) is 9.88 Å². The number of imide groups is 1. The van der Waals surface area contributed by atoms with Crippen LogP contribution in [0, 0.1) is 0 Å². The van der Waals surface area contributed by atoms with E-state index < -0.39 is 24.0 Å². The molecule has 0 aliphatic carbocycles. The predicted molar refractivity (Wildman–Crippen MR) is 81.4 cm³/mol. The lowest BCUT2D eigenvalue weighted by molar-refractivity contribution is -0.0512. The van der Waals surface area contributed by atoms with Crippen molar-refractivity contribution in [3.63, 3.8) is 0 Å². The van der Waals surface area contributed by atoms with Gasteiger partial charge >= 0.3 is 6.61 Å². The van der Waals surface area contributed by atoms with Crippen LogP contribution in [0.3, 0.4) is 0 Å². The molecular formula is C15H11F2N3O5. The lowest BCUT2D eigenvalue weighted by Crippen LogP contribution is -2.24. The normalized spacial score (nSPS) is 13.0. The van der Waals surface area contributed by atoms with Crippen LogP contribution in [0.2, 0.25) is 0 Å². The second-order valence-corrected chi connectivity index (χ2v) is 4.99. The van der Waals surface area contributed by atoms with Crippen LogP contribution in [0.5, 0.6) is 11.5 Å². The van der Waals surface area contributed by atoms with Gasteiger partial charge in [0, 0.05) is 12.1 Å². The third-order valence-corrected chi connectivity index (χ3v) is 3.57. The Morgan fingerprint density at radius 1 is 1.12 bits per heavy atom. The molecule has 8 nitrogen and oxygen atoms in total. The second kappa shape index (κ2) is 5.89. The third kappa shape index (κ3) is 2.67. The van der Waals surface area contributed by atoms with Gasteiger partial charge in [0.25, 0.3) is 17.4 Å². The first-order valence-corrected chi connectivity index (χ1v) is 6.88. The molecule has 1 aliphatic rings. The van der Waals surface area contributed by atoms with Gasteiger partial charge in [-0.25, -0.2) is 0 Å². The molecule has 130 valence electrons. The molecule has 0 spiro atoms. The Balaban J connectivity index is 2.18. The number of pyridine rings is 1. The Morgan fingerprint density at radius 2 is 1.84 bits per heavy atom. The van der Waals surface area contributed by atoms with E-state index in [9.17, 15) is 23.2 Å². The lowest BCUT2D eigenvalue weighted by atomic mass is 10.1. The summed E-state index contributed by atoms with van der Waals surface area (Å²) in [5.74, 6) is -1.99. The SMILES string of the molecule is COc1cc(-n2c(N)c3c(cc2=O)C(=O)NC3=O)ccc1OC(F)F. The van der Waals surface area contributed by atoms with Crippen molar-refractivity contribution < 1.29 is 27.8 Å². The Hall–Kier alpha value is -3.43. The molecule has 3 N–H and O–H groups in total. The number of benzene rings is 1. The number of anilines is 1. The van der Waals surface area contributed by atoms with Crippen LogP contribution in [0.1, 0.15) is 20.7 Å². The molecule has 3 rings (SSSR count). The van der Waals surface area contributed by atoms with E-state index in [1.807, 2.05) is 5.32 Å². The Morgan fingerprint density at radius 3 is 2.48 bits per heavy atom. The Kier molecular flexibility index (Phi) is 3.87. The van der Waals surface area contributed by atoms with Crippen LogP contribution in [0.25, 0.3) is 5.69 Å². The van der Waals surface area contributed by atoms with E-state index in [4.69, 9.17) is 10.5 Å². The van der Waals surface area contributed by atoms with E-state index >= 15 is 0 Å². The van der Waals surface area contributed by atoms with Gasteiger partial charge in [0.05, 0.1) is 23.9 Å². The molecule has 0 unspecified atom stereocenters. The molecule has 0 saturated heterocycles. The van der Waals surface area contributed by atoms with Crippen LogP contribution in [0.4, 0.5) is 14.6 Å². The van der Waals surface area contributed by atoms with Crippen molar-refractivity contribution >= 4 is 17.6 Å². The molecule has 1 aromatic heterocycles. The van der Waals surface area contributed by atoms with Gasteiger partial charge in [0.2, 0.25) is 0 Å². The van der Waals surface area contributed by atoms with Gasteiger partial charge in [0.15, 0.2) is 11.5 Å². The van der Waals surface area contributed by atoms with E-state index in [2.05, 4.69) is 4.74 Å². The summed E-state index contributed by atoms with van der Waals surface area (Å²) in [6.45, 7) is -3.05. The van der Waals surface area contributed by atoms with E-state index in [0.29, 0.717) is 0 Å². The standard InChI is InChI=1S/C15H11F2N3O5/c1-24-9-4-6(2-3-8(9)25-15(16)17)20-10(21)5-7-11(12(20)18)14(23)19-13(7)22/h2-5,15H,18H2,1H3,(H,19,22,23). The number of halogens is 2. The number of methoxy groups -OCH3 is 1. The van der Waals surface area contributed by atoms with Crippen LogP contribution in [-0.2, 0) is 0 Å². The highest BCUT2D eigenvalue weighted by Crippen LogP contribution is 2.32. The van der Waals surface area contributed by atoms with Crippen molar-refractivity contribution in [1.29, 1.82) is 0 Å². The van der Waals surface area contributed by atoms with Crippen molar-refractivity contribution in [3.8, 4) is 17.2 Å². The van der Waals surface area contributed by atoms with Crippen molar-refractivity contribution in [3.05, 3.63) is 45.7 Å². The van der Waals surface area contributed by atoms with Gasteiger partial charge in [-0.05, 0) is 12.1 Å². The number of nitrogen functional groups attached to an aromatic ring is 1. The number of amides is 2. The summed E-state index contributed by atoms with van der Waals surface area (Å²) in [7, 11) is 1.23. The van der Waals surface area contributed by atoms with Gasteiger partial charge in [-0.2, -0.15) is 8.78 Å². The molecular weight excluding hydrogens is 340 g/mol. The lowest BCUT2D eigenvalue weighted by Gasteiger charge is -2.15. The summed E-state index contributed by atoms with van der Waals surface area (Å²) < 4.78 is 35.0. The Labute approximate surface area is 138 Å². The van der Waals surface area contributed by atoms with Crippen LogP contribution < -0.4 is 26.1 Å². The number of nitrogens with one attached hydrogen (secondary N) is 1. The van der Waals surface area contributed by atoms with E-state index in [-0.39, 0.29) is 34.1 Å². The van der Waals surface area contributed by atoms with Crippen LogP contribution in [0.15, 0.2) is 29.1 Å². The first-order valence-electron chi connectivity index (χ1n) is 6.88. The smallest absolute Gasteiger partial charge is 0.387 e. The number of nitrogens with zero attached hydrogens (tertiary/aromatic N) is 1. The van der Waals surface area contributed by atoms with Crippen molar-refractivity contribution in [2.24, 2.45) is 0 Å². The molecule has 10 heteroatoms. The quantitative estimate of drug-likeness (QED) is 0.792. The number of alkyl halides is 2. The summed E-state index contributed by atoms with van der Waals surface area (Å²) in [6, 6.07) is 4.68. The highest BCUT2D eigenvalue weighted by molar-refractivity contribution is 6.23. The van der Waals surface area contributed by atoms with Gasteiger partial charge in [-0.15, -0.1) is 0 Å². The minimum atomic E-state index is -3.05. The van der Waals surface area contributed by atoms with Crippen LogP contribution in [-0.4, -0.2) is 30.1 Å². The van der Waals surface area contributed by atoms with Gasteiger partial charge < -0.3 is 15.2 Å². The highest BCUT2D eigenvalue weighted by Gasteiger charge is 2.32. The number of hydrogen-bond donors (Lipinski definition) is 2. The summed E-state index contributed by atoms with van der Waals surface area (Å²) in [4.78, 5) is 35.8. The number of nitrogens with two attached hydrogens (primary N) is 1. The average molecular weight is 351 g/mol. The maximum atomic E-state index is 12.4. The number of carbonyl (C=O) groups is 2. The summed E-state index contributed by atoms with van der Waals surface area (Å²) in [6.07, 6.45) is 0. The topological polar surface area (TPSA) is 113 Å². The number of rotatable bonds is 4. The molecule has 0 atom stereocenters. The molecule has 2 amide bonds. The zero-order valence-corrected chi connectivity index (χ0v) is 12.7. The molecule has 0 saturated carbocycles. The number of hydrogen-bond acceptors (Lipinski definition) is 6. The first kappa shape index (κ1) is 16.4. The largest absolute Gasteiger partial charge is 0.493 e. The van der Waals surface area contributed by atoms with Crippen molar-refractivity contribution in [2.75, 3.05) is 12.8 Å². The molecule has 1 aliphatic heterocycles. The predicted octanol–water partition coefficient (Wildman–Crippen LogP) is 0.913. The fourth-order valence-corrected chi connectivity index (χ4v) is 2.53. The average Bonchev–Trinajstić information content (AvgIpc) is 2.82. The summed E-state index contributed by atoms with van der Waals surface area (Å²) in [5.41, 5.74) is 5.12. The second-order valence-electron chi connectivity index (χ2n) is 4.99. The molecule has 1 aromatic carbocycles. The van der Waals surface area contributed by atoms with Gasteiger partial charge in [0.1, 0.15) is 5.82 Å². The fraction of sp³-hybridized carbons (Fsp3) is 0.133. The molecule has 0 fully saturated rings. The zero-order chi connectivity index (χ0) is 18.3. The minimum Gasteiger partial charge on any atom is -0.493 e. The zero-order valence-electron chi connectivity index (χ0n) is 12.7. The van der Waals surface area contributed by atoms with Gasteiger partial charge in [-0.3, -0.25) is 24.3 Å². The molecule has 25 heavy (non-hydrogen) atoms. The third-order valence-electron chi connectivity index (χ3n) is 3.57. The molecule has 2 heterocycles. The monoisotopic (exact) mass is 351 g/mol. The van der Waals surface area contributed by atoms with E-state index in [1.165, 1.54) is 25.3 Å². The summed E-state index contributed by atoms with van der Waals surface area (Å²) >= 11 is 0. The number of carbonyl (C=O) groups excluding carboxylic acids is 2. The summed E-state index contributed by atoms with van der Waals surface area (Å²) in [5, 5.41) is 2.04. The maximum absolute atomic E-state index is 12.4. The highest BCUT2D eigenvalue weighted by atomic mass is 19.3. The van der Waals surface area contributed by atoms with Gasteiger partial charge in [-0.1, -0.05) is 0 Å². The number of aromatic nitrogens is 1. The van der Waals surface area contributed by atoms with Crippen LogP contribution >= 0.6 is 0 Å².